The van der Waals surface area contributed by atoms with Gasteiger partial charge >= 0.3 is 5.97 Å². The Hall–Kier alpha value is -1.58. The molecule has 4 heteroatoms. The van der Waals surface area contributed by atoms with Gasteiger partial charge in [0, 0.05) is 19.3 Å². The number of aromatic nitrogens is 1. The minimum atomic E-state index is -0.992. The fourth-order valence-corrected chi connectivity index (χ4v) is 1.64. The van der Waals surface area contributed by atoms with Crippen molar-refractivity contribution in [2.75, 3.05) is 11.9 Å². The average molecular weight is 236 g/mol. The summed E-state index contributed by atoms with van der Waals surface area (Å²) in [6.45, 7) is 8.47. The van der Waals surface area contributed by atoms with Crippen LogP contribution in [0.25, 0.3) is 0 Å². The van der Waals surface area contributed by atoms with Gasteiger partial charge in [-0.15, -0.1) is 0 Å². The van der Waals surface area contributed by atoms with E-state index in [1.807, 2.05) is 11.9 Å². The maximum absolute atomic E-state index is 11.1. The third kappa shape index (κ3) is 2.96. The Kier molecular flexibility index (Phi) is 3.76. The SMILES string of the molecule is CC(N(C)c1cccnc1C(=O)O)C(C)(C)C. The second-order valence-corrected chi connectivity index (χ2v) is 5.33. The Morgan fingerprint density at radius 3 is 2.53 bits per heavy atom. The van der Waals surface area contributed by atoms with E-state index in [4.69, 9.17) is 5.11 Å². The molecule has 1 N–H and O–H groups in total. The number of aromatic carboxylic acids is 1. The fourth-order valence-electron chi connectivity index (χ4n) is 1.64. The summed E-state index contributed by atoms with van der Waals surface area (Å²) >= 11 is 0. The van der Waals surface area contributed by atoms with Crippen LogP contribution in [0.15, 0.2) is 18.3 Å². The molecule has 1 unspecified atom stereocenters. The summed E-state index contributed by atoms with van der Waals surface area (Å²) in [7, 11) is 1.90. The van der Waals surface area contributed by atoms with Crippen molar-refractivity contribution < 1.29 is 9.90 Å². The molecule has 0 saturated carbocycles. The maximum atomic E-state index is 11.1. The number of anilines is 1. The largest absolute Gasteiger partial charge is 0.476 e. The molecule has 1 aromatic rings. The number of carboxylic acids is 1. The van der Waals surface area contributed by atoms with Crippen LogP contribution in [0.1, 0.15) is 38.2 Å². The predicted octanol–water partition coefficient (Wildman–Crippen LogP) is 2.65. The second-order valence-electron chi connectivity index (χ2n) is 5.33. The van der Waals surface area contributed by atoms with Gasteiger partial charge < -0.3 is 10.0 Å². The Balaban J connectivity index is 3.12. The minimum Gasteiger partial charge on any atom is -0.476 e. The number of rotatable bonds is 3. The standard InChI is InChI=1S/C13H20N2O2/c1-9(13(2,3)4)15(5)10-7-6-8-14-11(10)12(16)17/h6-9H,1-5H3,(H,16,17). The topological polar surface area (TPSA) is 53.4 Å². The molecule has 1 rings (SSSR count). The quantitative estimate of drug-likeness (QED) is 0.876. The molecule has 1 aromatic heterocycles. The van der Waals surface area contributed by atoms with E-state index in [0.717, 1.165) is 0 Å². The Labute approximate surface area is 102 Å². The van der Waals surface area contributed by atoms with Crippen LogP contribution in [0.2, 0.25) is 0 Å². The smallest absolute Gasteiger partial charge is 0.356 e. The molecule has 0 spiro atoms. The second kappa shape index (κ2) is 4.73. The molecule has 0 amide bonds. The fraction of sp³-hybridized carbons (Fsp3) is 0.538. The molecule has 0 aliphatic carbocycles. The zero-order chi connectivity index (χ0) is 13.2. The van der Waals surface area contributed by atoms with Gasteiger partial charge in [-0.1, -0.05) is 20.8 Å². The highest BCUT2D eigenvalue weighted by Crippen LogP contribution is 2.28. The van der Waals surface area contributed by atoms with Crippen molar-refractivity contribution in [2.45, 2.75) is 33.7 Å². The molecule has 0 radical (unpaired) electrons. The van der Waals surface area contributed by atoms with Crippen LogP contribution in [-0.2, 0) is 0 Å². The van der Waals surface area contributed by atoms with Gasteiger partial charge in [-0.3, -0.25) is 0 Å². The van der Waals surface area contributed by atoms with Crippen molar-refractivity contribution in [2.24, 2.45) is 5.41 Å². The number of pyridine rings is 1. The van der Waals surface area contributed by atoms with Crippen LogP contribution in [0, 0.1) is 5.41 Å². The molecule has 0 fully saturated rings. The lowest BCUT2D eigenvalue weighted by Crippen LogP contribution is -2.40. The van der Waals surface area contributed by atoms with Gasteiger partial charge in [0.25, 0.3) is 0 Å². The van der Waals surface area contributed by atoms with Crippen molar-refractivity contribution in [1.29, 1.82) is 0 Å². The molecule has 94 valence electrons. The number of carbonyl (C=O) groups is 1. The molecule has 1 atom stereocenters. The van der Waals surface area contributed by atoms with E-state index in [9.17, 15) is 4.79 Å². The third-order valence-electron chi connectivity index (χ3n) is 3.20. The highest BCUT2D eigenvalue weighted by atomic mass is 16.4. The predicted molar refractivity (Wildman–Crippen MR) is 68.5 cm³/mol. The first-order valence-electron chi connectivity index (χ1n) is 5.66. The highest BCUT2D eigenvalue weighted by Gasteiger charge is 2.26. The molecule has 0 aliphatic heterocycles. The summed E-state index contributed by atoms with van der Waals surface area (Å²) in [6.07, 6.45) is 1.50. The van der Waals surface area contributed by atoms with Crippen LogP contribution in [0.5, 0.6) is 0 Å². The molecular formula is C13H20N2O2. The minimum absolute atomic E-state index is 0.0698. The van der Waals surface area contributed by atoms with E-state index in [1.54, 1.807) is 12.1 Å². The van der Waals surface area contributed by atoms with Crippen LogP contribution in [0.4, 0.5) is 5.69 Å². The van der Waals surface area contributed by atoms with Crippen molar-refractivity contribution in [3.63, 3.8) is 0 Å². The lowest BCUT2D eigenvalue weighted by Gasteiger charge is -2.37. The summed E-state index contributed by atoms with van der Waals surface area (Å²) in [5, 5.41) is 9.11. The molecule has 0 saturated heterocycles. The maximum Gasteiger partial charge on any atom is 0.356 e. The first kappa shape index (κ1) is 13.5. The number of nitrogens with zero attached hydrogens (tertiary/aromatic N) is 2. The molecule has 0 bridgehead atoms. The van der Waals surface area contributed by atoms with Gasteiger partial charge in [0.15, 0.2) is 5.69 Å². The number of hydrogen-bond acceptors (Lipinski definition) is 3. The Bertz CT molecular complexity index is 410. The lowest BCUT2D eigenvalue weighted by atomic mass is 9.87. The van der Waals surface area contributed by atoms with Gasteiger partial charge in [0.2, 0.25) is 0 Å². The molecule has 4 nitrogen and oxygen atoms in total. The third-order valence-corrected chi connectivity index (χ3v) is 3.20. The Morgan fingerprint density at radius 1 is 1.47 bits per heavy atom. The highest BCUT2D eigenvalue weighted by molar-refractivity contribution is 5.92. The summed E-state index contributed by atoms with van der Waals surface area (Å²) in [5.41, 5.74) is 0.828. The van der Waals surface area contributed by atoms with E-state index in [-0.39, 0.29) is 17.2 Å². The summed E-state index contributed by atoms with van der Waals surface area (Å²) in [5.74, 6) is -0.992. The normalized spacial score (nSPS) is 13.2. The first-order valence-corrected chi connectivity index (χ1v) is 5.66. The van der Waals surface area contributed by atoms with Crippen molar-refractivity contribution >= 4 is 11.7 Å². The lowest BCUT2D eigenvalue weighted by molar-refractivity contribution is 0.0691. The van der Waals surface area contributed by atoms with Gasteiger partial charge in [-0.05, 0) is 24.5 Å². The average Bonchev–Trinajstić information content (AvgIpc) is 2.25. The number of carboxylic acid groups (broad SMARTS) is 1. The van der Waals surface area contributed by atoms with Crippen LogP contribution in [-0.4, -0.2) is 29.1 Å². The molecular weight excluding hydrogens is 216 g/mol. The summed E-state index contributed by atoms with van der Waals surface area (Å²) in [4.78, 5) is 17.0. The van der Waals surface area contributed by atoms with E-state index >= 15 is 0 Å². The first-order chi connectivity index (χ1) is 7.75. The van der Waals surface area contributed by atoms with E-state index in [2.05, 4.69) is 32.7 Å². The molecule has 0 aromatic carbocycles. The van der Waals surface area contributed by atoms with Crippen LogP contribution >= 0.6 is 0 Å². The van der Waals surface area contributed by atoms with Crippen molar-refractivity contribution in [3.05, 3.63) is 24.0 Å². The van der Waals surface area contributed by atoms with Crippen LogP contribution < -0.4 is 4.90 Å². The van der Waals surface area contributed by atoms with E-state index in [1.165, 1.54) is 6.20 Å². The van der Waals surface area contributed by atoms with Gasteiger partial charge in [0.05, 0.1) is 5.69 Å². The Morgan fingerprint density at radius 2 is 2.06 bits per heavy atom. The van der Waals surface area contributed by atoms with Crippen molar-refractivity contribution in [1.82, 2.24) is 4.98 Å². The molecule has 0 aliphatic rings. The summed E-state index contributed by atoms with van der Waals surface area (Å²) < 4.78 is 0. The zero-order valence-corrected chi connectivity index (χ0v) is 11.1. The van der Waals surface area contributed by atoms with E-state index < -0.39 is 5.97 Å². The summed E-state index contributed by atoms with van der Waals surface area (Å²) in [6, 6.07) is 3.76. The molecule has 1 heterocycles. The van der Waals surface area contributed by atoms with Crippen LogP contribution in [0.3, 0.4) is 0 Å². The van der Waals surface area contributed by atoms with E-state index in [0.29, 0.717) is 5.69 Å². The number of hydrogen-bond donors (Lipinski definition) is 1. The van der Waals surface area contributed by atoms with Gasteiger partial charge in [-0.2, -0.15) is 0 Å². The van der Waals surface area contributed by atoms with Gasteiger partial charge in [0.1, 0.15) is 0 Å². The zero-order valence-electron chi connectivity index (χ0n) is 11.1. The monoisotopic (exact) mass is 236 g/mol. The van der Waals surface area contributed by atoms with Gasteiger partial charge in [-0.25, -0.2) is 9.78 Å². The van der Waals surface area contributed by atoms with Crippen molar-refractivity contribution in [3.8, 4) is 0 Å². The molecule has 17 heavy (non-hydrogen) atoms.